The molecule has 0 spiro atoms. The summed E-state index contributed by atoms with van der Waals surface area (Å²) in [5.41, 5.74) is 3.59. The zero-order chi connectivity index (χ0) is 12.3. The molecule has 0 atom stereocenters. The molecule has 3 nitrogen and oxygen atoms in total. The Morgan fingerprint density at radius 1 is 1.24 bits per heavy atom. The number of benzene rings is 1. The Labute approximate surface area is 109 Å². The number of aryl methyl sites for hydroxylation is 2. The van der Waals surface area contributed by atoms with Crippen molar-refractivity contribution in [3.8, 4) is 0 Å². The standard InChI is InChI=1S/C13H14BrN3/c1-3-10-6-4-5-9(2)12(10)17-13-15-7-11(14)8-16-13/h4-8H,3H2,1-2H3,(H,15,16,17). The lowest BCUT2D eigenvalue weighted by Crippen LogP contribution is -2.01. The molecule has 0 bridgehead atoms. The van der Waals surface area contributed by atoms with E-state index in [2.05, 4.69) is 63.3 Å². The van der Waals surface area contributed by atoms with E-state index < -0.39 is 0 Å². The van der Waals surface area contributed by atoms with Crippen molar-refractivity contribution in [1.29, 1.82) is 0 Å². The van der Waals surface area contributed by atoms with Gasteiger partial charge in [0.05, 0.1) is 4.47 Å². The Morgan fingerprint density at radius 3 is 2.59 bits per heavy atom. The van der Waals surface area contributed by atoms with Crippen LogP contribution < -0.4 is 5.32 Å². The second-order valence-electron chi connectivity index (χ2n) is 3.81. The van der Waals surface area contributed by atoms with E-state index in [0.29, 0.717) is 5.95 Å². The summed E-state index contributed by atoms with van der Waals surface area (Å²) in [6.07, 6.45) is 4.46. The van der Waals surface area contributed by atoms with Gasteiger partial charge in [-0.05, 0) is 40.4 Å². The summed E-state index contributed by atoms with van der Waals surface area (Å²) in [5, 5.41) is 3.28. The van der Waals surface area contributed by atoms with Crippen LogP contribution in [0.15, 0.2) is 35.1 Å². The van der Waals surface area contributed by atoms with Crippen LogP contribution in [0.3, 0.4) is 0 Å². The van der Waals surface area contributed by atoms with Crippen LogP contribution >= 0.6 is 15.9 Å². The fourth-order valence-corrected chi connectivity index (χ4v) is 1.90. The number of hydrogen-bond acceptors (Lipinski definition) is 3. The first-order valence-corrected chi connectivity index (χ1v) is 6.33. The predicted octanol–water partition coefficient (Wildman–Crippen LogP) is 3.85. The molecule has 2 aromatic rings. The van der Waals surface area contributed by atoms with Gasteiger partial charge in [0.1, 0.15) is 0 Å². The van der Waals surface area contributed by atoms with E-state index in [4.69, 9.17) is 0 Å². The Hall–Kier alpha value is -1.42. The molecular formula is C13H14BrN3. The van der Waals surface area contributed by atoms with E-state index >= 15 is 0 Å². The van der Waals surface area contributed by atoms with Crippen molar-refractivity contribution in [3.05, 3.63) is 46.2 Å². The van der Waals surface area contributed by atoms with Gasteiger partial charge in [0.15, 0.2) is 0 Å². The van der Waals surface area contributed by atoms with E-state index in [1.807, 2.05) is 0 Å². The summed E-state index contributed by atoms with van der Waals surface area (Å²) in [4.78, 5) is 8.44. The molecule has 1 aromatic carbocycles. The number of para-hydroxylation sites is 1. The van der Waals surface area contributed by atoms with Crippen molar-refractivity contribution >= 4 is 27.6 Å². The summed E-state index contributed by atoms with van der Waals surface area (Å²) >= 11 is 3.32. The average Bonchev–Trinajstić information content (AvgIpc) is 2.34. The Morgan fingerprint density at radius 2 is 1.94 bits per heavy atom. The van der Waals surface area contributed by atoms with Crippen molar-refractivity contribution in [1.82, 2.24) is 9.97 Å². The smallest absolute Gasteiger partial charge is 0.227 e. The average molecular weight is 292 g/mol. The molecule has 0 fully saturated rings. The summed E-state index contributed by atoms with van der Waals surface area (Å²) in [5.74, 6) is 0.622. The zero-order valence-electron chi connectivity index (χ0n) is 9.87. The minimum absolute atomic E-state index is 0.622. The molecule has 0 aliphatic rings. The summed E-state index contributed by atoms with van der Waals surface area (Å²) in [6, 6.07) is 6.27. The third kappa shape index (κ3) is 2.82. The molecule has 17 heavy (non-hydrogen) atoms. The van der Waals surface area contributed by atoms with Crippen LogP contribution in [0.4, 0.5) is 11.6 Å². The van der Waals surface area contributed by atoms with Gasteiger partial charge in [0, 0.05) is 18.1 Å². The molecule has 1 N–H and O–H groups in total. The van der Waals surface area contributed by atoms with E-state index in [-0.39, 0.29) is 0 Å². The lowest BCUT2D eigenvalue weighted by atomic mass is 10.1. The molecule has 0 radical (unpaired) electrons. The largest absolute Gasteiger partial charge is 0.324 e. The number of rotatable bonds is 3. The van der Waals surface area contributed by atoms with Crippen LogP contribution in [0, 0.1) is 6.92 Å². The highest BCUT2D eigenvalue weighted by molar-refractivity contribution is 9.10. The van der Waals surface area contributed by atoms with Gasteiger partial charge in [-0.3, -0.25) is 0 Å². The van der Waals surface area contributed by atoms with Crippen LogP contribution in [0.1, 0.15) is 18.1 Å². The molecule has 88 valence electrons. The molecule has 0 saturated heterocycles. The summed E-state index contributed by atoms with van der Waals surface area (Å²) in [7, 11) is 0. The number of hydrogen-bond donors (Lipinski definition) is 1. The molecule has 4 heteroatoms. The van der Waals surface area contributed by atoms with E-state index in [1.54, 1.807) is 12.4 Å². The van der Waals surface area contributed by atoms with Gasteiger partial charge in [-0.2, -0.15) is 0 Å². The molecule has 0 amide bonds. The number of nitrogens with one attached hydrogen (secondary N) is 1. The van der Waals surface area contributed by atoms with Crippen LogP contribution in [-0.4, -0.2) is 9.97 Å². The first kappa shape index (κ1) is 12.0. The highest BCUT2D eigenvalue weighted by Crippen LogP contribution is 2.23. The second-order valence-corrected chi connectivity index (χ2v) is 4.73. The van der Waals surface area contributed by atoms with E-state index in [9.17, 15) is 0 Å². The number of nitrogens with zero attached hydrogens (tertiary/aromatic N) is 2. The molecule has 0 aliphatic carbocycles. The summed E-state index contributed by atoms with van der Waals surface area (Å²) in [6.45, 7) is 4.22. The third-order valence-corrected chi connectivity index (χ3v) is 3.01. The highest BCUT2D eigenvalue weighted by atomic mass is 79.9. The van der Waals surface area contributed by atoms with Gasteiger partial charge >= 0.3 is 0 Å². The molecule has 1 heterocycles. The van der Waals surface area contributed by atoms with Crippen molar-refractivity contribution in [2.24, 2.45) is 0 Å². The van der Waals surface area contributed by atoms with E-state index in [0.717, 1.165) is 16.6 Å². The molecule has 2 rings (SSSR count). The van der Waals surface area contributed by atoms with Gasteiger partial charge in [0.2, 0.25) is 5.95 Å². The fourth-order valence-electron chi connectivity index (χ4n) is 1.69. The van der Waals surface area contributed by atoms with Gasteiger partial charge in [-0.1, -0.05) is 25.1 Å². The maximum absolute atomic E-state index is 4.22. The van der Waals surface area contributed by atoms with Gasteiger partial charge < -0.3 is 5.32 Å². The van der Waals surface area contributed by atoms with Crippen molar-refractivity contribution in [2.45, 2.75) is 20.3 Å². The monoisotopic (exact) mass is 291 g/mol. The molecular weight excluding hydrogens is 278 g/mol. The zero-order valence-corrected chi connectivity index (χ0v) is 11.5. The topological polar surface area (TPSA) is 37.8 Å². The van der Waals surface area contributed by atoms with Crippen LogP contribution in [0.5, 0.6) is 0 Å². The van der Waals surface area contributed by atoms with Crippen molar-refractivity contribution in [2.75, 3.05) is 5.32 Å². The quantitative estimate of drug-likeness (QED) is 0.933. The van der Waals surface area contributed by atoms with Crippen LogP contribution in [0.25, 0.3) is 0 Å². The Balaban J connectivity index is 2.32. The molecule has 0 aliphatic heterocycles. The predicted molar refractivity (Wildman–Crippen MR) is 73.6 cm³/mol. The minimum atomic E-state index is 0.622. The number of aromatic nitrogens is 2. The number of anilines is 2. The third-order valence-electron chi connectivity index (χ3n) is 2.60. The maximum Gasteiger partial charge on any atom is 0.227 e. The first-order chi connectivity index (χ1) is 8.20. The summed E-state index contributed by atoms with van der Waals surface area (Å²) < 4.78 is 0.878. The van der Waals surface area contributed by atoms with Gasteiger partial charge in [0.25, 0.3) is 0 Å². The minimum Gasteiger partial charge on any atom is -0.324 e. The SMILES string of the molecule is CCc1cccc(C)c1Nc1ncc(Br)cn1. The lowest BCUT2D eigenvalue weighted by molar-refractivity contribution is 1.11. The Kier molecular flexibility index (Phi) is 3.74. The second kappa shape index (κ2) is 5.27. The van der Waals surface area contributed by atoms with Crippen LogP contribution in [0.2, 0.25) is 0 Å². The Bertz CT molecular complexity index is 509. The highest BCUT2D eigenvalue weighted by Gasteiger charge is 2.05. The van der Waals surface area contributed by atoms with Crippen molar-refractivity contribution in [3.63, 3.8) is 0 Å². The molecule has 0 unspecified atom stereocenters. The lowest BCUT2D eigenvalue weighted by Gasteiger charge is -2.12. The normalized spacial score (nSPS) is 10.3. The maximum atomic E-state index is 4.22. The fraction of sp³-hybridized carbons (Fsp3) is 0.231. The molecule has 1 aromatic heterocycles. The van der Waals surface area contributed by atoms with Crippen molar-refractivity contribution < 1.29 is 0 Å². The van der Waals surface area contributed by atoms with E-state index in [1.165, 1.54) is 11.1 Å². The first-order valence-electron chi connectivity index (χ1n) is 5.53. The number of halogens is 1. The molecule has 0 saturated carbocycles. The van der Waals surface area contributed by atoms with Gasteiger partial charge in [-0.15, -0.1) is 0 Å². The van der Waals surface area contributed by atoms with Crippen LogP contribution in [-0.2, 0) is 6.42 Å². The van der Waals surface area contributed by atoms with Gasteiger partial charge in [-0.25, -0.2) is 9.97 Å².